The van der Waals surface area contributed by atoms with Gasteiger partial charge in [-0.05, 0) is 69.8 Å². The monoisotopic (exact) mass is 360 g/mol. The van der Waals surface area contributed by atoms with Crippen molar-refractivity contribution in [3.63, 3.8) is 0 Å². The van der Waals surface area contributed by atoms with Crippen molar-refractivity contribution < 1.29 is 9.53 Å². The van der Waals surface area contributed by atoms with Gasteiger partial charge >= 0.3 is 0 Å². The van der Waals surface area contributed by atoms with Crippen LogP contribution in [0.4, 0.5) is 0 Å². The van der Waals surface area contributed by atoms with E-state index in [9.17, 15) is 4.79 Å². The lowest BCUT2D eigenvalue weighted by molar-refractivity contribution is -0.133. The number of benzene rings is 1. The van der Waals surface area contributed by atoms with Gasteiger partial charge in [-0.25, -0.2) is 0 Å². The van der Waals surface area contributed by atoms with Gasteiger partial charge < -0.3 is 14.5 Å². The maximum Gasteiger partial charge on any atom is 0.222 e. The molecule has 0 radical (unpaired) electrons. The predicted molar refractivity (Wildman–Crippen MR) is 108 cm³/mol. The van der Waals surface area contributed by atoms with Gasteiger partial charge in [-0.2, -0.15) is 0 Å². The van der Waals surface area contributed by atoms with Crippen LogP contribution in [0.15, 0.2) is 24.3 Å². The van der Waals surface area contributed by atoms with E-state index >= 15 is 0 Å². The molecule has 0 aliphatic carbocycles. The summed E-state index contributed by atoms with van der Waals surface area (Å²) in [5.74, 6) is 1.28. The van der Waals surface area contributed by atoms with E-state index in [0.29, 0.717) is 11.9 Å². The molecule has 0 N–H and O–H groups in total. The molecule has 1 aliphatic heterocycles. The fourth-order valence-electron chi connectivity index (χ4n) is 3.81. The molecule has 2 rings (SSSR count). The van der Waals surface area contributed by atoms with E-state index in [-0.39, 0.29) is 0 Å². The van der Waals surface area contributed by atoms with Gasteiger partial charge in [0, 0.05) is 25.6 Å². The highest BCUT2D eigenvalue weighted by atomic mass is 16.5. The Labute approximate surface area is 159 Å². The molecule has 1 amide bonds. The van der Waals surface area contributed by atoms with Gasteiger partial charge in [0.1, 0.15) is 5.75 Å². The molecule has 0 spiro atoms. The lowest BCUT2D eigenvalue weighted by atomic mass is 10.0. The summed E-state index contributed by atoms with van der Waals surface area (Å²) < 4.78 is 5.23. The van der Waals surface area contributed by atoms with Crippen LogP contribution < -0.4 is 4.74 Å². The maximum absolute atomic E-state index is 11.8. The van der Waals surface area contributed by atoms with Crippen LogP contribution in [0.1, 0.15) is 57.9 Å². The standard InChI is InChI=1S/C22H36N2O2/c1-4-23(19(2)18-20-11-13-21(26-3)14-12-20)15-7-5-8-16-24-17-9-6-10-22(24)25/h11-14,19H,4-10,15-18H2,1-3H3. The third-order valence-electron chi connectivity index (χ3n) is 5.51. The number of rotatable bonds is 11. The highest BCUT2D eigenvalue weighted by Gasteiger charge is 2.17. The van der Waals surface area contributed by atoms with E-state index in [1.54, 1.807) is 7.11 Å². The number of carbonyl (C=O) groups is 1. The molecule has 0 bridgehead atoms. The first kappa shape index (κ1) is 20.8. The summed E-state index contributed by atoms with van der Waals surface area (Å²) in [5.41, 5.74) is 1.36. The Morgan fingerprint density at radius 3 is 2.58 bits per heavy atom. The fourth-order valence-corrected chi connectivity index (χ4v) is 3.81. The van der Waals surface area contributed by atoms with Gasteiger partial charge in [0.25, 0.3) is 0 Å². The third-order valence-corrected chi connectivity index (χ3v) is 5.51. The molecule has 26 heavy (non-hydrogen) atoms. The zero-order chi connectivity index (χ0) is 18.8. The minimum Gasteiger partial charge on any atom is -0.497 e. The second-order valence-electron chi connectivity index (χ2n) is 7.43. The Morgan fingerprint density at radius 2 is 1.92 bits per heavy atom. The molecule has 4 heteroatoms. The highest BCUT2D eigenvalue weighted by Crippen LogP contribution is 2.16. The lowest BCUT2D eigenvalue weighted by Gasteiger charge is -2.29. The molecule has 4 nitrogen and oxygen atoms in total. The van der Waals surface area contributed by atoms with Crippen LogP contribution in [0.25, 0.3) is 0 Å². The average molecular weight is 361 g/mol. The fraction of sp³-hybridized carbons (Fsp3) is 0.682. The van der Waals surface area contributed by atoms with Crippen molar-refractivity contribution in [3.8, 4) is 5.75 Å². The van der Waals surface area contributed by atoms with Gasteiger partial charge in [-0.15, -0.1) is 0 Å². The number of nitrogens with zero attached hydrogens (tertiary/aromatic N) is 2. The zero-order valence-electron chi connectivity index (χ0n) is 16.9. The largest absolute Gasteiger partial charge is 0.497 e. The van der Waals surface area contributed by atoms with Gasteiger partial charge in [0.15, 0.2) is 0 Å². The first-order valence-corrected chi connectivity index (χ1v) is 10.3. The first-order chi connectivity index (χ1) is 12.6. The van der Waals surface area contributed by atoms with Gasteiger partial charge in [-0.3, -0.25) is 4.79 Å². The van der Waals surface area contributed by atoms with Crippen molar-refractivity contribution in [2.75, 3.05) is 33.3 Å². The summed E-state index contributed by atoms with van der Waals surface area (Å²) in [6.07, 6.45) is 7.63. The summed E-state index contributed by atoms with van der Waals surface area (Å²) in [6.45, 7) is 8.71. The molecule has 1 atom stereocenters. The number of carbonyl (C=O) groups excluding carboxylic acids is 1. The molecule has 1 aliphatic rings. The Morgan fingerprint density at radius 1 is 1.15 bits per heavy atom. The number of amides is 1. The maximum atomic E-state index is 11.8. The van der Waals surface area contributed by atoms with E-state index in [1.165, 1.54) is 24.8 Å². The molecule has 1 fully saturated rings. The SMILES string of the molecule is CCN(CCCCCN1CCCCC1=O)C(C)Cc1ccc(OC)cc1. The van der Waals surface area contributed by atoms with Gasteiger partial charge in [0.2, 0.25) is 5.91 Å². The topological polar surface area (TPSA) is 32.8 Å². The van der Waals surface area contributed by atoms with Crippen molar-refractivity contribution in [2.24, 2.45) is 0 Å². The molecule has 0 aromatic heterocycles. The van der Waals surface area contributed by atoms with Crippen molar-refractivity contribution in [3.05, 3.63) is 29.8 Å². The molecular formula is C22H36N2O2. The Hall–Kier alpha value is -1.55. The normalized spacial score (nSPS) is 16.2. The third kappa shape index (κ3) is 6.64. The number of methoxy groups -OCH3 is 1. The van der Waals surface area contributed by atoms with Crippen LogP contribution in [0, 0.1) is 0 Å². The van der Waals surface area contributed by atoms with Crippen LogP contribution in [0.5, 0.6) is 5.75 Å². The Kier molecular flexibility index (Phi) is 8.96. The van der Waals surface area contributed by atoms with E-state index in [2.05, 4.69) is 35.8 Å². The quantitative estimate of drug-likeness (QED) is 0.556. The molecule has 1 aromatic carbocycles. The van der Waals surface area contributed by atoms with Crippen molar-refractivity contribution in [1.29, 1.82) is 0 Å². The number of hydrogen-bond donors (Lipinski definition) is 0. The zero-order valence-corrected chi connectivity index (χ0v) is 16.9. The number of likely N-dealkylation sites (tertiary alicyclic amines) is 1. The van der Waals surface area contributed by atoms with Gasteiger partial charge in [0.05, 0.1) is 7.11 Å². The molecule has 1 saturated heterocycles. The predicted octanol–water partition coefficient (Wildman–Crippen LogP) is 4.13. The van der Waals surface area contributed by atoms with Crippen LogP contribution in [0.3, 0.4) is 0 Å². The number of likely N-dealkylation sites (N-methyl/N-ethyl adjacent to an activating group) is 1. The molecule has 1 unspecified atom stereocenters. The van der Waals surface area contributed by atoms with Gasteiger partial charge in [-0.1, -0.05) is 25.5 Å². The van der Waals surface area contributed by atoms with E-state index in [1.807, 2.05) is 12.1 Å². The Balaban J connectivity index is 1.66. The average Bonchev–Trinajstić information content (AvgIpc) is 2.66. The summed E-state index contributed by atoms with van der Waals surface area (Å²) in [4.78, 5) is 16.5. The second-order valence-corrected chi connectivity index (χ2v) is 7.43. The van der Waals surface area contributed by atoms with Crippen molar-refractivity contribution in [1.82, 2.24) is 9.80 Å². The Bertz CT molecular complexity index is 529. The smallest absolute Gasteiger partial charge is 0.222 e. The summed E-state index contributed by atoms with van der Waals surface area (Å²) >= 11 is 0. The van der Waals surface area contributed by atoms with Crippen LogP contribution in [-0.4, -0.2) is 55.0 Å². The number of unbranched alkanes of at least 4 members (excludes halogenated alkanes) is 2. The summed E-state index contributed by atoms with van der Waals surface area (Å²) in [5, 5.41) is 0. The minimum atomic E-state index is 0.361. The lowest BCUT2D eigenvalue weighted by Crippen LogP contribution is -2.36. The summed E-state index contributed by atoms with van der Waals surface area (Å²) in [6, 6.07) is 8.95. The highest BCUT2D eigenvalue weighted by molar-refractivity contribution is 5.76. The minimum absolute atomic E-state index is 0.361. The van der Waals surface area contributed by atoms with Crippen molar-refractivity contribution in [2.45, 2.75) is 64.8 Å². The molecule has 0 saturated carbocycles. The summed E-state index contributed by atoms with van der Waals surface area (Å²) in [7, 11) is 1.71. The molecule has 146 valence electrons. The van der Waals surface area contributed by atoms with E-state index in [4.69, 9.17) is 4.74 Å². The first-order valence-electron chi connectivity index (χ1n) is 10.3. The van der Waals surface area contributed by atoms with Crippen LogP contribution in [-0.2, 0) is 11.2 Å². The second kappa shape index (κ2) is 11.2. The van der Waals surface area contributed by atoms with Crippen LogP contribution >= 0.6 is 0 Å². The van der Waals surface area contributed by atoms with E-state index in [0.717, 1.165) is 57.6 Å². The molecule has 1 aromatic rings. The number of hydrogen-bond acceptors (Lipinski definition) is 3. The number of ether oxygens (including phenoxy) is 1. The number of piperidine rings is 1. The molecular weight excluding hydrogens is 324 g/mol. The van der Waals surface area contributed by atoms with E-state index < -0.39 is 0 Å². The van der Waals surface area contributed by atoms with Crippen molar-refractivity contribution >= 4 is 5.91 Å². The molecule has 1 heterocycles. The van der Waals surface area contributed by atoms with Crippen LogP contribution in [0.2, 0.25) is 0 Å².